The SMILES string of the molecule is COc1ccc(/C=C2\C(=O)NC(=O)N(c3ccccc3C)C2=O)c(OCc2cccc(F)c2)c1. The third-order valence-electron chi connectivity index (χ3n) is 5.26. The van der Waals surface area contributed by atoms with E-state index in [2.05, 4.69) is 5.32 Å². The second-order valence-corrected chi connectivity index (χ2v) is 7.57. The number of nitrogens with one attached hydrogen (secondary N) is 1. The Labute approximate surface area is 195 Å². The number of halogens is 1. The third kappa shape index (κ3) is 4.66. The second kappa shape index (κ2) is 9.58. The molecule has 3 aromatic rings. The highest BCUT2D eigenvalue weighted by Crippen LogP contribution is 2.30. The van der Waals surface area contributed by atoms with Crippen LogP contribution < -0.4 is 19.7 Å². The van der Waals surface area contributed by atoms with Crippen molar-refractivity contribution in [3.63, 3.8) is 0 Å². The number of amides is 4. The molecule has 1 heterocycles. The maximum absolute atomic E-state index is 13.5. The summed E-state index contributed by atoms with van der Waals surface area (Å²) in [5, 5.41) is 2.21. The number of ether oxygens (including phenoxy) is 2. The van der Waals surface area contributed by atoms with Crippen LogP contribution in [0.1, 0.15) is 16.7 Å². The Balaban J connectivity index is 1.70. The van der Waals surface area contributed by atoms with Crippen molar-refractivity contribution in [2.24, 2.45) is 0 Å². The first kappa shape index (κ1) is 22.7. The molecule has 0 radical (unpaired) electrons. The Hall–Kier alpha value is -4.46. The van der Waals surface area contributed by atoms with Gasteiger partial charge in [0.25, 0.3) is 11.8 Å². The Bertz CT molecular complexity index is 1320. The standard InChI is InChI=1S/C26H21FN2O5/c1-16-6-3-4-9-22(16)29-25(31)21(24(30)28-26(29)32)13-18-10-11-20(33-2)14-23(18)34-15-17-7-5-8-19(27)12-17/h3-14H,15H2,1-2H3,(H,28,30,32)/b21-13+. The molecule has 0 aromatic heterocycles. The van der Waals surface area contributed by atoms with Crippen molar-refractivity contribution in [2.75, 3.05) is 12.0 Å². The lowest BCUT2D eigenvalue weighted by Crippen LogP contribution is -2.54. The third-order valence-corrected chi connectivity index (χ3v) is 5.26. The molecule has 172 valence electrons. The van der Waals surface area contributed by atoms with E-state index in [0.717, 1.165) is 4.90 Å². The minimum Gasteiger partial charge on any atom is -0.497 e. The molecule has 0 unspecified atom stereocenters. The smallest absolute Gasteiger partial charge is 0.335 e. The van der Waals surface area contributed by atoms with Crippen molar-refractivity contribution >= 4 is 29.6 Å². The topological polar surface area (TPSA) is 84.9 Å². The summed E-state index contributed by atoms with van der Waals surface area (Å²) in [7, 11) is 1.49. The molecule has 8 heteroatoms. The van der Waals surface area contributed by atoms with E-state index < -0.39 is 17.8 Å². The zero-order chi connectivity index (χ0) is 24.2. The van der Waals surface area contributed by atoms with Gasteiger partial charge in [0.2, 0.25) is 0 Å². The lowest BCUT2D eigenvalue weighted by Gasteiger charge is -2.27. The molecule has 1 N–H and O–H groups in total. The monoisotopic (exact) mass is 460 g/mol. The first-order valence-corrected chi connectivity index (χ1v) is 10.4. The average Bonchev–Trinajstić information content (AvgIpc) is 2.82. The van der Waals surface area contributed by atoms with Gasteiger partial charge >= 0.3 is 6.03 Å². The maximum Gasteiger partial charge on any atom is 0.335 e. The summed E-state index contributed by atoms with van der Waals surface area (Å²) in [6.07, 6.45) is 1.36. The van der Waals surface area contributed by atoms with Crippen LogP contribution in [0.4, 0.5) is 14.9 Å². The number of methoxy groups -OCH3 is 1. The Morgan fingerprint density at radius 2 is 1.79 bits per heavy atom. The molecular formula is C26H21FN2O5. The first-order valence-electron chi connectivity index (χ1n) is 10.4. The molecule has 4 amide bonds. The number of imide groups is 2. The number of rotatable bonds is 6. The Morgan fingerprint density at radius 3 is 2.53 bits per heavy atom. The summed E-state index contributed by atoms with van der Waals surface area (Å²) >= 11 is 0. The molecule has 0 bridgehead atoms. The van der Waals surface area contributed by atoms with Crippen LogP contribution in [0, 0.1) is 12.7 Å². The lowest BCUT2D eigenvalue weighted by atomic mass is 10.0. The van der Waals surface area contributed by atoms with E-state index in [0.29, 0.717) is 33.9 Å². The number of carbonyl (C=O) groups excluding carboxylic acids is 3. The van der Waals surface area contributed by atoms with Crippen LogP contribution in [0.15, 0.2) is 72.3 Å². The van der Waals surface area contributed by atoms with Gasteiger partial charge in [0.05, 0.1) is 12.8 Å². The molecule has 0 atom stereocenters. The van der Waals surface area contributed by atoms with Crippen molar-refractivity contribution in [1.82, 2.24) is 5.32 Å². The minimum atomic E-state index is -0.821. The van der Waals surface area contributed by atoms with Crippen LogP contribution in [-0.2, 0) is 16.2 Å². The van der Waals surface area contributed by atoms with Gasteiger partial charge in [-0.25, -0.2) is 14.1 Å². The fourth-order valence-electron chi connectivity index (χ4n) is 3.52. The summed E-state index contributed by atoms with van der Waals surface area (Å²) < 4.78 is 24.6. The molecule has 1 saturated heterocycles. The number of urea groups is 1. The number of para-hydroxylation sites is 1. The molecule has 1 aliphatic heterocycles. The van der Waals surface area contributed by atoms with E-state index in [-0.39, 0.29) is 18.0 Å². The summed E-state index contributed by atoms with van der Waals surface area (Å²) in [6, 6.07) is 16.9. The van der Waals surface area contributed by atoms with Crippen molar-refractivity contribution in [2.45, 2.75) is 13.5 Å². The molecule has 7 nitrogen and oxygen atoms in total. The van der Waals surface area contributed by atoms with Crippen LogP contribution in [0.3, 0.4) is 0 Å². The molecule has 34 heavy (non-hydrogen) atoms. The molecule has 0 aliphatic carbocycles. The van der Waals surface area contributed by atoms with Crippen LogP contribution in [0.2, 0.25) is 0 Å². The average molecular weight is 460 g/mol. The molecule has 4 rings (SSSR count). The van der Waals surface area contributed by atoms with Gasteiger partial charge in [-0.3, -0.25) is 14.9 Å². The van der Waals surface area contributed by atoms with Crippen molar-refractivity contribution in [3.8, 4) is 11.5 Å². The number of barbiturate groups is 1. The van der Waals surface area contributed by atoms with Crippen LogP contribution >= 0.6 is 0 Å². The number of aryl methyl sites for hydroxylation is 1. The zero-order valence-electron chi connectivity index (χ0n) is 18.5. The van der Waals surface area contributed by atoms with Crippen LogP contribution in [0.25, 0.3) is 6.08 Å². The zero-order valence-corrected chi connectivity index (χ0v) is 18.5. The quantitative estimate of drug-likeness (QED) is 0.436. The summed E-state index contributed by atoms with van der Waals surface area (Å²) in [5.74, 6) is -1.15. The van der Waals surface area contributed by atoms with Gasteiger partial charge in [-0.05, 0) is 54.5 Å². The molecule has 1 fully saturated rings. The molecule has 1 aliphatic rings. The highest BCUT2D eigenvalue weighted by Gasteiger charge is 2.37. The molecular weight excluding hydrogens is 439 g/mol. The van der Waals surface area contributed by atoms with Gasteiger partial charge in [0.15, 0.2) is 0 Å². The van der Waals surface area contributed by atoms with Gasteiger partial charge in [0, 0.05) is 11.6 Å². The second-order valence-electron chi connectivity index (χ2n) is 7.57. The first-order chi connectivity index (χ1) is 16.4. The van der Waals surface area contributed by atoms with Crippen LogP contribution in [0.5, 0.6) is 11.5 Å². The Kier molecular flexibility index (Phi) is 6.40. The van der Waals surface area contributed by atoms with Gasteiger partial charge in [0.1, 0.15) is 29.5 Å². The number of nitrogens with zero attached hydrogens (tertiary/aromatic N) is 1. The van der Waals surface area contributed by atoms with Crippen molar-refractivity contribution in [3.05, 3.63) is 94.8 Å². The molecule has 0 spiro atoms. The van der Waals surface area contributed by atoms with E-state index >= 15 is 0 Å². The van der Waals surface area contributed by atoms with Crippen LogP contribution in [-0.4, -0.2) is 25.0 Å². The maximum atomic E-state index is 13.5. The van der Waals surface area contributed by atoms with Gasteiger partial charge in [-0.1, -0.05) is 30.3 Å². The highest BCUT2D eigenvalue weighted by atomic mass is 19.1. The molecule has 3 aromatic carbocycles. The van der Waals surface area contributed by atoms with E-state index in [1.807, 2.05) is 0 Å². The number of carbonyl (C=O) groups is 3. The Morgan fingerprint density at radius 1 is 1.00 bits per heavy atom. The normalized spacial score (nSPS) is 14.9. The minimum absolute atomic E-state index is 0.0507. The van der Waals surface area contributed by atoms with Crippen molar-refractivity contribution < 1.29 is 28.2 Å². The summed E-state index contributed by atoms with van der Waals surface area (Å²) in [6.45, 7) is 1.81. The predicted octanol–water partition coefficient (Wildman–Crippen LogP) is 4.39. The number of anilines is 1. The number of hydrogen-bond acceptors (Lipinski definition) is 5. The number of hydrogen-bond donors (Lipinski definition) is 1. The lowest BCUT2D eigenvalue weighted by molar-refractivity contribution is -0.122. The molecule has 0 saturated carbocycles. The predicted molar refractivity (Wildman–Crippen MR) is 124 cm³/mol. The van der Waals surface area contributed by atoms with E-state index in [4.69, 9.17) is 9.47 Å². The summed E-state index contributed by atoms with van der Waals surface area (Å²) in [4.78, 5) is 39.2. The largest absolute Gasteiger partial charge is 0.497 e. The van der Waals surface area contributed by atoms with Gasteiger partial charge < -0.3 is 9.47 Å². The fourth-order valence-corrected chi connectivity index (χ4v) is 3.52. The van der Waals surface area contributed by atoms with E-state index in [1.165, 1.54) is 25.3 Å². The van der Waals surface area contributed by atoms with E-state index in [9.17, 15) is 18.8 Å². The van der Waals surface area contributed by atoms with Crippen molar-refractivity contribution in [1.29, 1.82) is 0 Å². The highest BCUT2D eigenvalue weighted by molar-refractivity contribution is 6.39. The summed E-state index contributed by atoms with van der Waals surface area (Å²) in [5.41, 5.74) is 1.85. The van der Waals surface area contributed by atoms with Gasteiger partial charge in [-0.2, -0.15) is 0 Å². The van der Waals surface area contributed by atoms with E-state index in [1.54, 1.807) is 61.5 Å². The van der Waals surface area contributed by atoms with Gasteiger partial charge in [-0.15, -0.1) is 0 Å². The number of benzene rings is 3. The fraction of sp³-hybridized carbons (Fsp3) is 0.115.